The van der Waals surface area contributed by atoms with Crippen LogP contribution in [0.25, 0.3) is 0 Å². The Bertz CT molecular complexity index is 545. The van der Waals surface area contributed by atoms with Crippen LogP contribution in [0.5, 0.6) is 0 Å². The van der Waals surface area contributed by atoms with Crippen LogP contribution in [-0.2, 0) is 14.2 Å². The van der Waals surface area contributed by atoms with Crippen molar-refractivity contribution < 1.29 is 19.0 Å². The van der Waals surface area contributed by atoms with E-state index < -0.39 is 5.79 Å². The number of hydrogen-bond acceptors (Lipinski definition) is 5. The van der Waals surface area contributed by atoms with Gasteiger partial charge in [-0.05, 0) is 50.3 Å². The van der Waals surface area contributed by atoms with E-state index in [-0.39, 0.29) is 12.1 Å². The number of esters is 1. The van der Waals surface area contributed by atoms with Crippen molar-refractivity contribution in [2.45, 2.75) is 25.7 Å². The number of ether oxygens (including phenoxy) is 3. The van der Waals surface area contributed by atoms with Crippen molar-refractivity contribution in [2.75, 3.05) is 25.6 Å². The maximum atomic E-state index is 11.3. The Labute approximate surface area is 135 Å². The number of thiocarbonyl (C=S) groups is 1. The van der Waals surface area contributed by atoms with Crippen LogP contribution in [-0.4, -0.2) is 43.2 Å². The van der Waals surface area contributed by atoms with Crippen LogP contribution in [0, 0.1) is 0 Å². The highest BCUT2D eigenvalue weighted by Crippen LogP contribution is 2.21. The van der Waals surface area contributed by atoms with Gasteiger partial charge in [-0.25, -0.2) is 4.79 Å². The van der Waals surface area contributed by atoms with Crippen molar-refractivity contribution >= 4 is 29.0 Å². The number of rotatable bonds is 4. The number of benzene rings is 1. The highest BCUT2D eigenvalue weighted by Gasteiger charge is 2.32. The third kappa shape index (κ3) is 4.66. The fourth-order valence-corrected chi connectivity index (χ4v) is 2.25. The molecule has 7 heteroatoms. The average molecular weight is 324 g/mol. The molecule has 1 heterocycles. The van der Waals surface area contributed by atoms with Gasteiger partial charge >= 0.3 is 5.97 Å². The second-order valence-electron chi connectivity index (χ2n) is 5.35. The van der Waals surface area contributed by atoms with E-state index in [1.807, 2.05) is 13.8 Å². The largest absolute Gasteiger partial charge is 0.465 e. The van der Waals surface area contributed by atoms with Crippen LogP contribution in [0.1, 0.15) is 24.2 Å². The Morgan fingerprint density at radius 2 is 2.09 bits per heavy atom. The second-order valence-corrected chi connectivity index (χ2v) is 5.76. The lowest BCUT2D eigenvalue weighted by molar-refractivity contribution is -0.137. The van der Waals surface area contributed by atoms with Crippen LogP contribution >= 0.6 is 12.2 Å². The summed E-state index contributed by atoms with van der Waals surface area (Å²) in [5.74, 6) is -0.904. The highest BCUT2D eigenvalue weighted by molar-refractivity contribution is 7.80. The van der Waals surface area contributed by atoms with Crippen LogP contribution in [0.15, 0.2) is 24.3 Å². The molecule has 0 saturated carbocycles. The molecule has 120 valence electrons. The van der Waals surface area contributed by atoms with E-state index in [1.165, 1.54) is 7.11 Å². The number of hydrogen-bond donors (Lipinski definition) is 2. The van der Waals surface area contributed by atoms with Gasteiger partial charge in [0.15, 0.2) is 10.9 Å². The van der Waals surface area contributed by atoms with E-state index >= 15 is 0 Å². The minimum Gasteiger partial charge on any atom is -0.465 e. The third-order valence-corrected chi connectivity index (χ3v) is 3.37. The minimum atomic E-state index is -0.537. The third-order valence-electron chi connectivity index (χ3n) is 3.12. The van der Waals surface area contributed by atoms with Gasteiger partial charge < -0.3 is 24.8 Å². The number of nitrogens with one attached hydrogen (secondary N) is 2. The van der Waals surface area contributed by atoms with E-state index in [0.717, 1.165) is 5.69 Å². The summed E-state index contributed by atoms with van der Waals surface area (Å²) in [6.45, 7) is 4.87. The van der Waals surface area contributed by atoms with E-state index in [9.17, 15) is 4.79 Å². The summed E-state index contributed by atoms with van der Waals surface area (Å²) >= 11 is 5.22. The monoisotopic (exact) mass is 324 g/mol. The fraction of sp³-hybridized carbons (Fsp3) is 0.467. The van der Waals surface area contributed by atoms with E-state index in [4.69, 9.17) is 21.7 Å². The predicted molar refractivity (Wildman–Crippen MR) is 86.9 cm³/mol. The van der Waals surface area contributed by atoms with E-state index in [0.29, 0.717) is 23.8 Å². The fourth-order valence-electron chi connectivity index (χ4n) is 2.05. The van der Waals surface area contributed by atoms with Crippen molar-refractivity contribution in [2.24, 2.45) is 0 Å². The number of carbonyl (C=O) groups is 1. The Morgan fingerprint density at radius 3 is 2.64 bits per heavy atom. The van der Waals surface area contributed by atoms with Gasteiger partial charge in [0.25, 0.3) is 0 Å². The molecule has 1 aliphatic heterocycles. The van der Waals surface area contributed by atoms with Gasteiger partial charge in [-0.2, -0.15) is 0 Å². The van der Waals surface area contributed by atoms with Crippen molar-refractivity contribution in [3.63, 3.8) is 0 Å². The first-order valence-corrected chi connectivity index (χ1v) is 7.35. The summed E-state index contributed by atoms with van der Waals surface area (Å²) in [6, 6.07) is 6.87. The number of anilines is 1. The van der Waals surface area contributed by atoms with E-state index in [2.05, 4.69) is 15.4 Å². The summed E-state index contributed by atoms with van der Waals surface area (Å²) in [5, 5.41) is 6.61. The smallest absolute Gasteiger partial charge is 0.337 e. The molecular weight excluding hydrogens is 304 g/mol. The summed E-state index contributed by atoms with van der Waals surface area (Å²) < 4.78 is 15.8. The molecule has 1 atom stereocenters. The predicted octanol–water partition coefficient (Wildman–Crippen LogP) is 1.91. The molecule has 1 aromatic rings. The Kier molecular flexibility index (Phi) is 5.33. The van der Waals surface area contributed by atoms with Gasteiger partial charge in [0.1, 0.15) is 6.10 Å². The highest BCUT2D eigenvalue weighted by atomic mass is 32.1. The topological polar surface area (TPSA) is 68.8 Å². The first-order chi connectivity index (χ1) is 10.4. The molecular formula is C15H20N2O4S. The van der Waals surface area contributed by atoms with Crippen LogP contribution in [0.2, 0.25) is 0 Å². The zero-order valence-corrected chi connectivity index (χ0v) is 13.7. The molecule has 1 fully saturated rings. The summed E-state index contributed by atoms with van der Waals surface area (Å²) in [5.41, 5.74) is 1.28. The van der Waals surface area contributed by atoms with Crippen LogP contribution in [0.4, 0.5) is 5.69 Å². The van der Waals surface area contributed by atoms with E-state index in [1.54, 1.807) is 24.3 Å². The molecule has 0 radical (unpaired) electrons. The van der Waals surface area contributed by atoms with Gasteiger partial charge in [0.2, 0.25) is 0 Å². The molecule has 2 rings (SSSR count). The number of carbonyl (C=O) groups excluding carboxylic acids is 1. The molecule has 22 heavy (non-hydrogen) atoms. The van der Waals surface area contributed by atoms with Crippen molar-refractivity contribution in [1.29, 1.82) is 0 Å². The van der Waals surface area contributed by atoms with Gasteiger partial charge in [0.05, 0.1) is 19.3 Å². The molecule has 0 bridgehead atoms. The molecule has 1 saturated heterocycles. The van der Waals surface area contributed by atoms with Crippen molar-refractivity contribution in [1.82, 2.24) is 5.32 Å². The van der Waals surface area contributed by atoms with Crippen LogP contribution < -0.4 is 10.6 Å². The van der Waals surface area contributed by atoms with Crippen LogP contribution in [0.3, 0.4) is 0 Å². The molecule has 1 unspecified atom stereocenters. The van der Waals surface area contributed by atoms with Gasteiger partial charge in [-0.1, -0.05) is 0 Å². The standard InChI is InChI=1S/C15H20N2O4S/c1-15(2)20-9-12(21-15)8-16-14(22)17-11-6-4-10(5-7-11)13(18)19-3/h4-7,12H,8-9H2,1-3H3,(H2,16,17,22). The SMILES string of the molecule is COC(=O)c1ccc(NC(=S)NCC2COC(C)(C)O2)cc1. The van der Waals surface area contributed by atoms with Gasteiger partial charge in [0, 0.05) is 12.2 Å². The quantitative estimate of drug-likeness (QED) is 0.647. The summed E-state index contributed by atoms with van der Waals surface area (Å²) in [4.78, 5) is 11.3. The molecule has 1 aromatic carbocycles. The normalized spacial score (nSPS) is 19.5. The Hall–Kier alpha value is -1.70. The molecule has 1 aliphatic rings. The first-order valence-electron chi connectivity index (χ1n) is 6.94. The average Bonchev–Trinajstić information content (AvgIpc) is 2.84. The molecule has 0 spiro atoms. The zero-order chi connectivity index (χ0) is 16.2. The minimum absolute atomic E-state index is 0.0311. The lowest BCUT2D eigenvalue weighted by Crippen LogP contribution is -2.36. The molecule has 2 N–H and O–H groups in total. The van der Waals surface area contributed by atoms with Crippen molar-refractivity contribution in [3.05, 3.63) is 29.8 Å². The van der Waals surface area contributed by atoms with Gasteiger partial charge in [-0.3, -0.25) is 0 Å². The van der Waals surface area contributed by atoms with Gasteiger partial charge in [-0.15, -0.1) is 0 Å². The number of methoxy groups -OCH3 is 1. The zero-order valence-electron chi connectivity index (χ0n) is 12.8. The van der Waals surface area contributed by atoms with Crippen molar-refractivity contribution in [3.8, 4) is 0 Å². The molecule has 0 aromatic heterocycles. The Balaban J connectivity index is 1.78. The first kappa shape index (κ1) is 16.7. The lowest BCUT2D eigenvalue weighted by atomic mass is 10.2. The second kappa shape index (κ2) is 7.04. The summed E-state index contributed by atoms with van der Waals surface area (Å²) in [7, 11) is 1.35. The maximum Gasteiger partial charge on any atom is 0.337 e. The summed E-state index contributed by atoms with van der Waals surface area (Å²) in [6.07, 6.45) is -0.0311. The maximum absolute atomic E-state index is 11.3. The lowest BCUT2D eigenvalue weighted by Gasteiger charge is -2.18. The molecule has 0 amide bonds. The Morgan fingerprint density at radius 1 is 1.41 bits per heavy atom. The molecule has 6 nitrogen and oxygen atoms in total. The molecule has 0 aliphatic carbocycles.